The maximum Gasteiger partial charge on any atom is 0.0699 e. The molecule has 1 aliphatic rings. The highest BCUT2D eigenvalue weighted by Gasteiger charge is 2.28. The van der Waals surface area contributed by atoms with Crippen molar-refractivity contribution in [3.63, 3.8) is 0 Å². The molecule has 0 atom stereocenters. The molecule has 4 nitrogen and oxygen atoms in total. The number of nitrogens with one attached hydrogen (secondary N) is 1. The van der Waals surface area contributed by atoms with Gasteiger partial charge in [0.05, 0.1) is 28.4 Å². The number of hydrogen-bond acceptors (Lipinski definition) is 4. The molecule has 10 aromatic carbocycles. The van der Waals surface area contributed by atoms with E-state index in [0.29, 0.717) is 0 Å². The standard InChI is InChI=1S/C62H50N4/c1-5-21-57-42(2)64(3)59-34-18-19-35-60(59)66(57)47-37-39-53-55(41-47)61(44-23-8-6-9-24-44)52-38-36-45(63-56-32-16-17-33-58(56)65(4)46-26-10-7-11-27-46)40-54(52)62(53)51-30-15-14-29-50(51)49-31-20-25-43-22-12-13-28-48(43)49/h5-41,63H,1-4H3/b21-5-. The summed E-state index contributed by atoms with van der Waals surface area (Å²) in [6.45, 7) is 4.32. The van der Waals surface area contributed by atoms with E-state index >= 15 is 0 Å². The number of allylic oxidation sites excluding steroid dienone is 3. The second-order valence-corrected chi connectivity index (χ2v) is 17.1. The Morgan fingerprint density at radius 1 is 0.500 bits per heavy atom. The summed E-state index contributed by atoms with van der Waals surface area (Å²) in [7, 11) is 4.29. The molecule has 0 aliphatic carbocycles. The third-order valence-corrected chi connectivity index (χ3v) is 13.3. The average Bonchev–Trinajstić information content (AvgIpc) is 3.37. The number of benzene rings is 10. The smallest absolute Gasteiger partial charge is 0.0699 e. The van der Waals surface area contributed by atoms with Crippen LogP contribution in [0.4, 0.5) is 39.8 Å². The average molecular weight is 851 g/mol. The Bertz CT molecular complexity index is 3510. The maximum absolute atomic E-state index is 3.89. The molecule has 0 saturated carbocycles. The van der Waals surface area contributed by atoms with Crippen LogP contribution in [-0.4, -0.2) is 14.1 Å². The van der Waals surface area contributed by atoms with Crippen LogP contribution >= 0.6 is 0 Å². The van der Waals surface area contributed by atoms with Gasteiger partial charge in [0.2, 0.25) is 0 Å². The molecule has 0 fully saturated rings. The monoisotopic (exact) mass is 850 g/mol. The predicted octanol–water partition coefficient (Wildman–Crippen LogP) is 17.1. The van der Waals surface area contributed by atoms with Crippen LogP contribution in [0, 0.1) is 0 Å². The summed E-state index contributed by atoms with van der Waals surface area (Å²) in [5, 5.41) is 11.1. The van der Waals surface area contributed by atoms with E-state index in [1.54, 1.807) is 0 Å². The van der Waals surface area contributed by atoms with Gasteiger partial charge in [-0.2, -0.15) is 0 Å². The number of rotatable bonds is 9. The summed E-state index contributed by atoms with van der Waals surface area (Å²) in [4.78, 5) is 6.98. The summed E-state index contributed by atoms with van der Waals surface area (Å²) in [6.07, 6.45) is 4.38. The summed E-state index contributed by atoms with van der Waals surface area (Å²) in [5.41, 5.74) is 17.2. The van der Waals surface area contributed by atoms with Crippen LogP contribution in [0.1, 0.15) is 13.8 Å². The molecule has 0 bridgehead atoms. The first-order valence-electron chi connectivity index (χ1n) is 22.8. The molecule has 66 heavy (non-hydrogen) atoms. The zero-order valence-electron chi connectivity index (χ0n) is 37.7. The fraction of sp³-hybridized carbons (Fsp3) is 0.0645. The number of nitrogens with zero attached hydrogens (tertiary/aromatic N) is 3. The minimum atomic E-state index is 1.01. The number of para-hydroxylation sites is 5. The van der Waals surface area contributed by atoms with E-state index in [-0.39, 0.29) is 0 Å². The van der Waals surface area contributed by atoms with Gasteiger partial charge in [0.1, 0.15) is 0 Å². The largest absolute Gasteiger partial charge is 0.354 e. The Morgan fingerprint density at radius 3 is 1.94 bits per heavy atom. The lowest BCUT2D eigenvalue weighted by Crippen LogP contribution is -2.30. The van der Waals surface area contributed by atoms with Gasteiger partial charge < -0.3 is 20.0 Å². The van der Waals surface area contributed by atoms with Gasteiger partial charge in [-0.3, -0.25) is 0 Å². The SMILES string of the molecule is C/C=C\C1=C(C)N(C)c2ccccc2N1c1ccc2c(-c3ccccc3-c3cccc4ccccc34)c3cc(Nc4ccccc4N(C)c4ccccc4)ccc3c(-c3ccccc3)c2c1. The van der Waals surface area contributed by atoms with Gasteiger partial charge >= 0.3 is 0 Å². The van der Waals surface area contributed by atoms with Crippen molar-refractivity contribution >= 4 is 72.1 Å². The van der Waals surface area contributed by atoms with Crippen molar-refractivity contribution in [2.24, 2.45) is 0 Å². The second-order valence-electron chi connectivity index (χ2n) is 17.1. The minimum Gasteiger partial charge on any atom is -0.354 e. The number of fused-ring (bicyclic) bond motifs is 4. The van der Waals surface area contributed by atoms with Crippen LogP contribution in [0.3, 0.4) is 0 Å². The van der Waals surface area contributed by atoms with Gasteiger partial charge in [-0.1, -0.05) is 158 Å². The zero-order chi connectivity index (χ0) is 44.7. The Kier molecular flexibility index (Phi) is 10.4. The Labute approximate surface area is 387 Å². The van der Waals surface area contributed by atoms with Crippen molar-refractivity contribution in [3.8, 4) is 33.4 Å². The van der Waals surface area contributed by atoms with Gasteiger partial charge in [0.25, 0.3) is 0 Å². The summed E-state index contributed by atoms with van der Waals surface area (Å²) in [6, 6.07) is 77.2. The second kappa shape index (κ2) is 17.0. The molecular weight excluding hydrogens is 801 g/mol. The summed E-state index contributed by atoms with van der Waals surface area (Å²) >= 11 is 0. The molecular formula is C62H50N4. The van der Waals surface area contributed by atoms with E-state index in [1.165, 1.54) is 77.1 Å². The molecule has 11 rings (SSSR count). The molecule has 10 aromatic rings. The van der Waals surface area contributed by atoms with Crippen molar-refractivity contribution in [1.82, 2.24) is 0 Å². The van der Waals surface area contributed by atoms with Crippen LogP contribution in [0.5, 0.6) is 0 Å². The van der Waals surface area contributed by atoms with Gasteiger partial charge in [-0.15, -0.1) is 0 Å². The van der Waals surface area contributed by atoms with E-state index in [2.05, 4.69) is 272 Å². The quantitative estimate of drug-likeness (QED) is 0.146. The van der Waals surface area contributed by atoms with Gasteiger partial charge in [-0.05, 0) is 146 Å². The van der Waals surface area contributed by atoms with E-state index < -0.39 is 0 Å². The normalized spacial score (nSPS) is 12.7. The summed E-state index contributed by atoms with van der Waals surface area (Å²) < 4.78 is 0. The van der Waals surface area contributed by atoms with E-state index in [9.17, 15) is 0 Å². The Balaban J connectivity index is 1.21. The highest BCUT2D eigenvalue weighted by atomic mass is 15.3. The van der Waals surface area contributed by atoms with Gasteiger partial charge in [0.15, 0.2) is 0 Å². The first kappa shape index (κ1) is 40.4. The molecule has 1 aliphatic heterocycles. The molecule has 0 saturated heterocycles. The number of hydrogen-bond donors (Lipinski definition) is 1. The molecule has 0 radical (unpaired) electrons. The van der Waals surface area contributed by atoms with Gasteiger partial charge in [-0.25, -0.2) is 0 Å². The summed E-state index contributed by atoms with van der Waals surface area (Å²) in [5.74, 6) is 0. The third kappa shape index (κ3) is 6.95. The fourth-order valence-corrected chi connectivity index (χ4v) is 10.1. The van der Waals surface area contributed by atoms with Crippen LogP contribution in [0.25, 0.3) is 65.7 Å². The lowest BCUT2D eigenvalue weighted by atomic mass is 9.83. The van der Waals surface area contributed by atoms with Crippen LogP contribution in [0.2, 0.25) is 0 Å². The fourth-order valence-electron chi connectivity index (χ4n) is 10.1. The Morgan fingerprint density at radius 2 is 1.12 bits per heavy atom. The van der Waals surface area contributed by atoms with E-state index in [0.717, 1.165) is 39.8 Å². The molecule has 1 N–H and O–H groups in total. The topological polar surface area (TPSA) is 21.8 Å². The van der Waals surface area contributed by atoms with Crippen molar-refractivity contribution in [2.45, 2.75) is 13.8 Å². The van der Waals surface area contributed by atoms with Crippen LogP contribution in [-0.2, 0) is 0 Å². The van der Waals surface area contributed by atoms with Crippen molar-refractivity contribution in [1.29, 1.82) is 0 Å². The van der Waals surface area contributed by atoms with Crippen molar-refractivity contribution in [3.05, 3.63) is 236 Å². The molecule has 0 unspecified atom stereocenters. The highest BCUT2D eigenvalue weighted by molar-refractivity contribution is 6.24. The molecule has 0 amide bonds. The van der Waals surface area contributed by atoms with E-state index in [4.69, 9.17) is 0 Å². The third-order valence-electron chi connectivity index (χ3n) is 13.3. The zero-order valence-corrected chi connectivity index (χ0v) is 37.7. The first-order valence-corrected chi connectivity index (χ1v) is 22.8. The number of anilines is 7. The Hall–Kier alpha value is -8.34. The molecule has 4 heteroatoms. The van der Waals surface area contributed by atoms with Gasteiger partial charge in [0, 0.05) is 36.9 Å². The van der Waals surface area contributed by atoms with Crippen molar-refractivity contribution in [2.75, 3.05) is 34.1 Å². The van der Waals surface area contributed by atoms with E-state index in [1.807, 2.05) is 0 Å². The lowest BCUT2D eigenvalue weighted by Gasteiger charge is -2.39. The highest BCUT2D eigenvalue weighted by Crippen LogP contribution is 2.51. The minimum absolute atomic E-state index is 1.01. The van der Waals surface area contributed by atoms with Crippen molar-refractivity contribution < 1.29 is 0 Å². The predicted molar refractivity (Wildman–Crippen MR) is 284 cm³/mol. The van der Waals surface area contributed by atoms with Crippen LogP contribution in [0.15, 0.2) is 236 Å². The molecule has 318 valence electrons. The first-order chi connectivity index (χ1) is 32.5. The molecule has 1 heterocycles. The molecule has 0 aromatic heterocycles. The lowest BCUT2D eigenvalue weighted by molar-refractivity contribution is 0.993. The molecule has 0 spiro atoms. The van der Waals surface area contributed by atoms with Crippen LogP contribution < -0.4 is 20.0 Å². The maximum atomic E-state index is 3.89.